The highest BCUT2D eigenvalue weighted by Crippen LogP contribution is 2.38. The fourth-order valence-electron chi connectivity index (χ4n) is 3.91. The topological polar surface area (TPSA) is 100 Å². The number of hydrogen-bond donors (Lipinski definition) is 1. The van der Waals surface area contributed by atoms with Gasteiger partial charge in [0.2, 0.25) is 0 Å². The molecule has 9 heteroatoms. The van der Waals surface area contributed by atoms with Gasteiger partial charge in [0.25, 0.3) is 0 Å². The van der Waals surface area contributed by atoms with E-state index in [2.05, 4.69) is 20.8 Å². The summed E-state index contributed by atoms with van der Waals surface area (Å²) in [5.41, 5.74) is 0.328. The van der Waals surface area contributed by atoms with Crippen molar-refractivity contribution in [3.8, 4) is 17.2 Å². The Bertz CT molecular complexity index is 831. The number of nitrogens with zero attached hydrogens (tertiary/aromatic N) is 4. The molecule has 9 nitrogen and oxygen atoms in total. The average Bonchev–Trinajstić information content (AvgIpc) is 3.23. The molecule has 1 N–H and O–H groups in total. The number of fused-ring (bicyclic) bond motifs is 1. The smallest absolute Gasteiger partial charge is 0.319 e. The fraction of sp³-hybridized carbons (Fsp3) is 0.579. The van der Waals surface area contributed by atoms with Crippen LogP contribution in [-0.4, -0.2) is 52.5 Å². The molecular formula is C19H25N5O4. The maximum Gasteiger partial charge on any atom is 0.319 e. The summed E-state index contributed by atoms with van der Waals surface area (Å²) >= 11 is 0. The van der Waals surface area contributed by atoms with Crippen LogP contribution in [0.25, 0.3) is 5.69 Å². The highest BCUT2D eigenvalue weighted by atomic mass is 16.6. The standard InChI is InChI=1S/C19H25N5O4/c1-2-26-17(25)13-20-19(8-4-3-5-9-19)18-21-22-23-24(18)14-6-7-15-16(12-14)28-11-10-27-15/h6-7,12,20H,2-5,8-11,13H2,1H3. The van der Waals surface area contributed by atoms with Crippen molar-refractivity contribution in [2.75, 3.05) is 26.4 Å². The molecular weight excluding hydrogens is 362 g/mol. The van der Waals surface area contributed by atoms with E-state index in [0.717, 1.165) is 43.5 Å². The van der Waals surface area contributed by atoms with Crippen LogP contribution in [0.4, 0.5) is 0 Å². The number of hydrogen-bond acceptors (Lipinski definition) is 8. The molecule has 1 aromatic heterocycles. The van der Waals surface area contributed by atoms with Crippen LogP contribution in [0, 0.1) is 0 Å². The van der Waals surface area contributed by atoms with Gasteiger partial charge in [-0.25, -0.2) is 0 Å². The minimum absolute atomic E-state index is 0.127. The van der Waals surface area contributed by atoms with E-state index in [1.807, 2.05) is 18.2 Å². The highest BCUT2D eigenvalue weighted by Gasteiger charge is 2.39. The van der Waals surface area contributed by atoms with Crippen molar-refractivity contribution in [3.05, 3.63) is 24.0 Å². The van der Waals surface area contributed by atoms with E-state index in [1.54, 1.807) is 11.6 Å². The van der Waals surface area contributed by atoms with Crippen molar-refractivity contribution in [3.63, 3.8) is 0 Å². The molecule has 4 rings (SSSR count). The molecule has 0 amide bonds. The van der Waals surface area contributed by atoms with Crippen LogP contribution in [0.1, 0.15) is 44.9 Å². The third-order valence-electron chi connectivity index (χ3n) is 5.25. The van der Waals surface area contributed by atoms with Crippen molar-refractivity contribution in [2.24, 2.45) is 0 Å². The summed E-state index contributed by atoms with van der Waals surface area (Å²) < 4.78 is 18.1. The zero-order valence-electron chi connectivity index (χ0n) is 16.0. The van der Waals surface area contributed by atoms with Gasteiger partial charge in [-0.2, -0.15) is 4.68 Å². The third kappa shape index (κ3) is 3.66. The Morgan fingerprint density at radius 2 is 2.00 bits per heavy atom. The summed E-state index contributed by atoms with van der Waals surface area (Å²) in [6.07, 6.45) is 4.97. The highest BCUT2D eigenvalue weighted by molar-refractivity contribution is 5.71. The van der Waals surface area contributed by atoms with Crippen LogP contribution >= 0.6 is 0 Å². The molecule has 0 saturated heterocycles. The average molecular weight is 387 g/mol. The van der Waals surface area contributed by atoms with Crippen LogP contribution in [0.2, 0.25) is 0 Å². The van der Waals surface area contributed by atoms with Crippen LogP contribution < -0.4 is 14.8 Å². The van der Waals surface area contributed by atoms with E-state index >= 15 is 0 Å². The van der Waals surface area contributed by atoms with E-state index in [1.165, 1.54) is 0 Å². The molecule has 0 unspecified atom stereocenters. The molecule has 28 heavy (non-hydrogen) atoms. The largest absolute Gasteiger partial charge is 0.486 e. The van der Waals surface area contributed by atoms with Gasteiger partial charge in [-0.1, -0.05) is 19.3 Å². The van der Waals surface area contributed by atoms with Crippen molar-refractivity contribution in [1.29, 1.82) is 0 Å². The molecule has 150 valence electrons. The van der Waals surface area contributed by atoms with Gasteiger partial charge in [0.05, 0.1) is 24.4 Å². The molecule has 1 aliphatic heterocycles. The molecule has 0 atom stereocenters. The van der Waals surface area contributed by atoms with Crippen molar-refractivity contribution >= 4 is 5.97 Å². The Balaban J connectivity index is 1.65. The first-order chi connectivity index (χ1) is 13.7. The number of tetrazole rings is 1. The fourth-order valence-corrected chi connectivity index (χ4v) is 3.91. The Labute approximate surface area is 163 Å². The van der Waals surface area contributed by atoms with E-state index in [-0.39, 0.29) is 12.5 Å². The zero-order valence-corrected chi connectivity index (χ0v) is 16.0. The molecule has 2 heterocycles. The number of nitrogens with one attached hydrogen (secondary N) is 1. The Kier molecular flexibility index (Phi) is 5.43. The molecule has 0 bridgehead atoms. The zero-order chi connectivity index (χ0) is 19.4. The Hall–Kier alpha value is -2.68. The maximum atomic E-state index is 11.9. The number of carbonyl (C=O) groups excluding carboxylic acids is 1. The lowest BCUT2D eigenvalue weighted by molar-refractivity contribution is -0.142. The molecule has 2 aromatic rings. The SMILES string of the molecule is CCOC(=O)CNC1(c2nnnn2-c2ccc3c(c2)OCCO3)CCCCC1. The molecule has 1 aliphatic carbocycles. The molecule has 1 saturated carbocycles. The second-order valence-electron chi connectivity index (χ2n) is 7.04. The van der Waals surface area contributed by atoms with Gasteiger partial charge < -0.3 is 14.2 Å². The first kappa shape index (κ1) is 18.7. The number of esters is 1. The molecule has 0 spiro atoms. The first-order valence-electron chi connectivity index (χ1n) is 9.81. The predicted molar refractivity (Wildman–Crippen MR) is 99.5 cm³/mol. The number of carbonyl (C=O) groups is 1. The first-order valence-corrected chi connectivity index (χ1v) is 9.81. The van der Waals surface area contributed by atoms with Crippen LogP contribution in [-0.2, 0) is 15.1 Å². The van der Waals surface area contributed by atoms with Crippen molar-refractivity contribution < 1.29 is 19.0 Å². The number of ether oxygens (including phenoxy) is 3. The van der Waals surface area contributed by atoms with Gasteiger partial charge in [0, 0.05) is 6.07 Å². The summed E-state index contributed by atoms with van der Waals surface area (Å²) in [7, 11) is 0. The van der Waals surface area contributed by atoms with Gasteiger partial charge in [0.15, 0.2) is 17.3 Å². The summed E-state index contributed by atoms with van der Waals surface area (Å²) in [6, 6.07) is 5.67. The Morgan fingerprint density at radius 3 is 2.79 bits per heavy atom. The lowest BCUT2D eigenvalue weighted by atomic mass is 9.80. The summed E-state index contributed by atoms with van der Waals surface area (Å²) in [5.74, 6) is 1.83. The van der Waals surface area contributed by atoms with Crippen LogP contribution in [0.15, 0.2) is 18.2 Å². The normalized spacial score (nSPS) is 17.9. The number of aromatic nitrogens is 4. The number of rotatable bonds is 6. The predicted octanol–water partition coefficient (Wildman–Crippen LogP) is 1.75. The van der Waals surface area contributed by atoms with Gasteiger partial charge in [-0.05, 0) is 42.3 Å². The lowest BCUT2D eigenvalue weighted by Crippen LogP contribution is -2.48. The van der Waals surface area contributed by atoms with Crippen molar-refractivity contribution in [1.82, 2.24) is 25.5 Å². The van der Waals surface area contributed by atoms with Gasteiger partial charge >= 0.3 is 5.97 Å². The summed E-state index contributed by atoms with van der Waals surface area (Å²) in [6.45, 7) is 3.36. The van der Waals surface area contributed by atoms with Crippen LogP contribution in [0.5, 0.6) is 11.5 Å². The van der Waals surface area contributed by atoms with E-state index in [9.17, 15) is 4.79 Å². The Morgan fingerprint density at radius 1 is 1.21 bits per heavy atom. The third-order valence-corrected chi connectivity index (χ3v) is 5.25. The second kappa shape index (κ2) is 8.14. The molecule has 2 aliphatic rings. The monoisotopic (exact) mass is 387 g/mol. The van der Waals surface area contributed by atoms with Crippen molar-refractivity contribution in [2.45, 2.75) is 44.6 Å². The lowest BCUT2D eigenvalue weighted by Gasteiger charge is -2.36. The molecule has 0 radical (unpaired) electrons. The quantitative estimate of drug-likeness (QED) is 0.748. The summed E-state index contributed by atoms with van der Waals surface area (Å²) in [5, 5.41) is 15.9. The van der Waals surface area contributed by atoms with E-state index in [0.29, 0.717) is 31.4 Å². The number of benzene rings is 1. The minimum Gasteiger partial charge on any atom is -0.486 e. The van der Waals surface area contributed by atoms with Gasteiger partial charge in [0.1, 0.15) is 13.2 Å². The van der Waals surface area contributed by atoms with E-state index in [4.69, 9.17) is 14.2 Å². The maximum absolute atomic E-state index is 11.9. The van der Waals surface area contributed by atoms with E-state index < -0.39 is 5.54 Å². The molecule has 1 aromatic carbocycles. The minimum atomic E-state index is -0.470. The van der Waals surface area contributed by atoms with Crippen LogP contribution in [0.3, 0.4) is 0 Å². The second-order valence-corrected chi connectivity index (χ2v) is 7.04. The van der Waals surface area contributed by atoms with Gasteiger partial charge in [-0.3, -0.25) is 10.1 Å². The van der Waals surface area contributed by atoms with Gasteiger partial charge in [-0.15, -0.1) is 5.10 Å². The summed E-state index contributed by atoms with van der Waals surface area (Å²) in [4.78, 5) is 11.9. The molecule has 1 fully saturated rings.